The van der Waals surface area contributed by atoms with Crippen LogP contribution in [0.3, 0.4) is 0 Å². The number of hydrogen-bond donors (Lipinski definition) is 1. The van der Waals surface area contributed by atoms with Gasteiger partial charge in [-0.05, 0) is 35.8 Å². The molecule has 1 N–H and O–H groups in total. The van der Waals surface area contributed by atoms with Crippen LogP contribution in [0.15, 0.2) is 22.4 Å². The molecule has 0 spiro atoms. The molecule has 3 heteroatoms. The lowest BCUT2D eigenvalue weighted by Crippen LogP contribution is -1.80. The number of benzene rings is 1. The molecule has 0 unspecified atom stereocenters. The molecule has 0 saturated carbocycles. The average Bonchev–Trinajstić information content (AvgIpc) is 2.55. The summed E-state index contributed by atoms with van der Waals surface area (Å²) in [5, 5.41) is 10.3. The van der Waals surface area contributed by atoms with E-state index in [0.717, 1.165) is 5.56 Å². The van der Waals surface area contributed by atoms with Crippen molar-refractivity contribution in [2.75, 3.05) is 6.26 Å². The molecule has 2 rings (SSSR count). The van der Waals surface area contributed by atoms with Gasteiger partial charge >= 0.3 is 0 Å². The van der Waals surface area contributed by atoms with Gasteiger partial charge in [0.15, 0.2) is 0 Å². The Hall–Kier alpha value is -0.510. The van der Waals surface area contributed by atoms with Crippen LogP contribution in [0, 0.1) is 6.92 Å². The molecule has 0 atom stereocenters. The van der Waals surface area contributed by atoms with Crippen molar-refractivity contribution in [1.29, 1.82) is 0 Å². The topological polar surface area (TPSA) is 20.2 Å². The summed E-state index contributed by atoms with van der Waals surface area (Å²) < 4.78 is 2.65. The second-order valence-electron chi connectivity index (χ2n) is 3.21. The first-order chi connectivity index (χ1) is 6.76. The number of aryl methyl sites for hydroxylation is 1. The predicted molar refractivity (Wildman–Crippen MR) is 64.3 cm³/mol. The van der Waals surface area contributed by atoms with Gasteiger partial charge in [-0.3, -0.25) is 0 Å². The Labute approximate surface area is 91.8 Å². The number of thiophene rings is 1. The molecule has 1 aromatic carbocycles. The highest BCUT2D eigenvalue weighted by Gasteiger charge is 2.07. The monoisotopic (exact) mass is 224 g/mol. The molecule has 1 heterocycles. The van der Waals surface area contributed by atoms with Crippen molar-refractivity contribution in [2.45, 2.75) is 17.7 Å². The number of thioether (sulfide) groups is 1. The molecule has 0 aliphatic carbocycles. The van der Waals surface area contributed by atoms with Crippen molar-refractivity contribution in [3.8, 4) is 0 Å². The van der Waals surface area contributed by atoms with Crippen molar-refractivity contribution in [3.63, 3.8) is 0 Å². The van der Waals surface area contributed by atoms with Crippen LogP contribution in [0.5, 0.6) is 0 Å². The fourth-order valence-electron chi connectivity index (χ4n) is 1.54. The van der Waals surface area contributed by atoms with Crippen LogP contribution in [0.25, 0.3) is 10.1 Å². The van der Waals surface area contributed by atoms with E-state index in [1.54, 1.807) is 23.1 Å². The minimum Gasteiger partial charge on any atom is -0.392 e. The summed E-state index contributed by atoms with van der Waals surface area (Å²) in [5.74, 6) is 0. The van der Waals surface area contributed by atoms with Crippen molar-refractivity contribution < 1.29 is 5.11 Å². The third-order valence-electron chi connectivity index (χ3n) is 2.33. The van der Waals surface area contributed by atoms with Crippen LogP contribution in [0.4, 0.5) is 0 Å². The fraction of sp³-hybridized carbons (Fsp3) is 0.273. The SMILES string of the molecule is CSc1sc2cc(CO)ccc2c1C. The molecule has 0 aliphatic heterocycles. The quantitative estimate of drug-likeness (QED) is 0.789. The largest absolute Gasteiger partial charge is 0.392 e. The van der Waals surface area contributed by atoms with Gasteiger partial charge in [0.1, 0.15) is 0 Å². The molecule has 0 amide bonds. The van der Waals surface area contributed by atoms with Gasteiger partial charge in [0.05, 0.1) is 10.8 Å². The van der Waals surface area contributed by atoms with E-state index in [4.69, 9.17) is 5.11 Å². The van der Waals surface area contributed by atoms with E-state index in [2.05, 4.69) is 25.3 Å². The van der Waals surface area contributed by atoms with Gasteiger partial charge in [0.25, 0.3) is 0 Å². The zero-order chi connectivity index (χ0) is 10.1. The Balaban J connectivity index is 2.66. The normalized spacial score (nSPS) is 11.1. The van der Waals surface area contributed by atoms with Crippen molar-refractivity contribution in [2.24, 2.45) is 0 Å². The number of aliphatic hydroxyl groups excluding tert-OH is 1. The predicted octanol–water partition coefficient (Wildman–Crippen LogP) is 3.42. The Bertz CT molecular complexity index is 460. The number of rotatable bonds is 2. The van der Waals surface area contributed by atoms with E-state index in [1.807, 2.05) is 6.07 Å². The van der Waals surface area contributed by atoms with Crippen LogP contribution in [-0.4, -0.2) is 11.4 Å². The summed E-state index contributed by atoms with van der Waals surface area (Å²) in [6.45, 7) is 2.28. The van der Waals surface area contributed by atoms with Crippen LogP contribution in [-0.2, 0) is 6.61 Å². The van der Waals surface area contributed by atoms with Gasteiger partial charge in [-0.15, -0.1) is 23.1 Å². The number of hydrogen-bond acceptors (Lipinski definition) is 3. The molecule has 0 fully saturated rings. The smallest absolute Gasteiger partial charge is 0.0682 e. The van der Waals surface area contributed by atoms with Crippen LogP contribution in [0.1, 0.15) is 11.1 Å². The van der Waals surface area contributed by atoms with Crippen LogP contribution < -0.4 is 0 Å². The first-order valence-corrected chi connectivity index (χ1v) is 6.47. The average molecular weight is 224 g/mol. The first-order valence-electron chi connectivity index (χ1n) is 4.43. The van der Waals surface area contributed by atoms with Gasteiger partial charge < -0.3 is 5.11 Å². The minimum absolute atomic E-state index is 0.126. The highest BCUT2D eigenvalue weighted by atomic mass is 32.2. The van der Waals surface area contributed by atoms with E-state index >= 15 is 0 Å². The molecular formula is C11H12OS2. The van der Waals surface area contributed by atoms with Gasteiger partial charge in [-0.1, -0.05) is 12.1 Å². The molecule has 0 radical (unpaired) electrons. The Morgan fingerprint density at radius 2 is 2.21 bits per heavy atom. The minimum atomic E-state index is 0.126. The lowest BCUT2D eigenvalue weighted by molar-refractivity contribution is 0.282. The summed E-state index contributed by atoms with van der Waals surface area (Å²) in [6, 6.07) is 6.17. The summed E-state index contributed by atoms with van der Waals surface area (Å²) in [7, 11) is 0. The summed E-state index contributed by atoms with van der Waals surface area (Å²) >= 11 is 3.60. The maximum Gasteiger partial charge on any atom is 0.0682 e. The maximum atomic E-state index is 9.03. The molecular weight excluding hydrogens is 212 g/mol. The zero-order valence-corrected chi connectivity index (χ0v) is 9.84. The molecule has 0 bridgehead atoms. The lowest BCUT2D eigenvalue weighted by atomic mass is 10.1. The van der Waals surface area contributed by atoms with E-state index in [9.17, 15) is 0 Å². The van der Waals surface area contributed by atoms with Gasteiger partial charge in [0, 0.05) is 4.70 Å². The molecule has 1 nitrogen and oxygen atoms in total. The summed E-state index contributed by atoms with van der Waals surface area (Å²) in [6.07, 6.45) is 2.10. The second kappa shape index (κ2) is 3.93. The van der Waals surface area contributed by atoms with E-state index in [-0.39, 0.29) is 6.61 Å². The van der Waals surface area contributed by atoms with Gasteiger partial charge in [-0.2, -0.15) is 0 Å². The third-order valence-corrected chi connectivity index (χ3v) is 4.80. The van der Waals surface area contributed by atoms with Crippen LogP contribution >= 0.6 is 23.1 Å². The van der Waals surface area contributed by atoms with Crippen molar-refractivity contribution in [3.05, 3.63) is 29.3 Å². The van der Waals surface area contributed by atoms with Gasteiger partial charge in [-0.25, -0.2) is 0 Å². The standard InChI is InChI=1S/C11H12OS2/c1-7-9-4-3-8(6-12)5-10(9)14-11(7)13-2/h3-5,12H,6H2,1-2H3. The van der Waals surface area contributed by atoms with Crippen molar-refractivity contribution >= 4 is 33.2 Å². The van der Waals surface area contributed by atoms with Gasteiger partial charge in [0.2, 0.25) is 0 Å². The first kappa shape index (κ1) is 10.0. The molecule has 14 heavy (non-hydrogen) atoms. The fourth-order valence-corrected chi connectivity index (χ4v) is 3.56. The molecule has 1 aromatic heterocycles. The zero-order valence-electron chi connectivity index (χ0n) is 8.20. The Morgan fingerprint density at radius 3 is 2.86 bits per heavy atom. The van der Waals surface area contributed by atoms with Crippen molar-refractivity contribution in [1.82, 2.24) is 0 Å². The molecule has 74 valence electrons. The maximum absolute atomic E-state index is 9.03. The second-order valence-corrected chi connectivity index (χ2v) is 5.33. The highest BCUT2D eigenvalue weighted by Crippen LogP contribution is 2.36. The molecule has 0 saturated heterocycles. The number of aliphatic hydroxyl groups is 1. The Morgan fingerprint density at radius 1 is 1.43 bits per heavy atom. The van der Waals surface area contributed by atoms with E-state index < -0.39 is 0 Å². The molecule has 0 aliphatic rings. The van der Waals surface area contributed by atoms with E-state index in [0.29, 0.717) is 0 Å². The molecule has 2 aromatic rings. The Kier molecular flexibility index (Phi) is 2.81. The number of fused-ring (bicyclic) bond motifs is 1. The summed E-state index contributed by atoms with van der Waals surface area (Å²) in [4.78, 5) is 0. The third kappa shape index (κ3) is 1.56. The highest BCUT2D eigenvalue weighted by molar-refractivity contribution is 8.00. The van der Waals surface area contributed by atoms with Crippen LogP contribution in [0.2, 0.25) is 0 Å². The summed E-state index contributed by atoms with van der Waals surface area (Å²) in [5.41, 5.74) is 2.35. The lowest BCUT2D eigenvalue weighted by Gasteiger charge is -1.96. The van der Waals surface area contributed by atoms with E-state index in [1.165, 1.54) is 19.9 Å².